The molecule has 2 rings (SSSR count). The van der Waals surface area contributed by atoms with Crippen LogP contribution in [0.25, 0.3) is 0 Å². The van der Waals surface area contributed by atoms with E-state index in [9.17, 15) is 0 Å². The van der Waals surface area contributed by atoms with Gasteiger partial charge in [-0.25, -0.2) is 0 Å². The Morgan fingerprint density at radius 2 is 2.11 bits per heavy atom. The van der Waals surface area contributed by atoms with Crippen molar-refractivity contribution in [1.29, 1.82) is 0 Å². The number of benzene rings is 1. The number of nitrogens with one attached hydrogen (secondary N) is 1. The molecular formula is C16H25NO. The Morgan fingerprint density at radius 1 is 1.28 bits per heavy atom. The molecule has 0 heterocycles. The van der Waals surface area contributed by atoms with Crippen molar-refractivity contribution in [3.63, 3.8) is 0 Å². The molecule has 2 atom stereocenters. The average Bonchev–Trinajstić information content (AvgIpc) is 2.85. The van der Waals surface area contributed by atoms with Gasteiger partial charge in [-0.05, 0) is 56.3 Å². The summed E-state index contributed by atoms with van der Waals surface area (Å²) in [6, 6.07) is 8.60. The van der Waals surface area contributed by atoms with Gasteiger partial charge >= 0.3 is 0 Å². The zero-order chi connectivity index (χ0) is 12.8. The molecule has 0 spiro atoms. The molecule has 1 aromatic carbocycles. The van der Waals surface area contributed by atoms with Crippen molar-refractivity contribution in [1.82, 2.24) is 5.32 Å². The second-order valence-corrected chi connectivity index (χ2v) is 5.24. The second-order valence-electron chi connectivity index (χ2n) is 5.24. The fourth-order valence-electron chi connectivity index (χ4n) is 3.08. The lowest BCUT2D eigenvalue weighted by molar-refractivity contribution is 0.308. The Bertz CT molecular complexity index is 364. The van der Waals surface area contributed by atoms with E-state index in [0.29, 0.717) is 5.92 Å². The molecule has 0 radical (unpaired) electrons. The van der Waals surface area contributed by atoms with Gasteiger partial charge in [-0.15, -0.1) is 0 Å². The highest BCUT2D eigenvalue weighted by Gasteiger charge is 2.29. The first-order valence-corrected chi connectivity index (χ1v) is 7.23. The Kier molecular flexibility index (Phi) is 5.06. The average molecular weight is 247 g/mol. The van der Waals surface area contributed by atoms with Crippen molar-refractivity contribution in [3.05, 3.63) is 29.8 Å². The predicted octanol–water partition coefficient (Wildman–Crippen LogP) is 3.58. The summed E-state index contributed by atoms with van der Waals surface area (Å²) < 4.78 is 5.90. The lowest BCUT2D eigenvalue weighted by Crippen LogP contribution is -2.21. The number of hydrogen-bond acceptors (Lipinski definition) is 2. The smallest absolute Gasteiger partial charge is 0.122 e. The van der Waals surface area contributed by atoms with Crippen LogP contribution < -0.4 is 10.1 Å². The minimum Gasteiger partial charge on any atom is -0.493 e. The van der Waals surface area contributed by atoms with Crippen molar-refractivity contribution in [2.45, 2.75) is 38.5 Å². The Balaban J connectivity index is 2.15. The summed E-state index contributed by atoms with van der Waals surface area (Å²) in [4.78, 5) is 0. The Labute approximate surface area is 111 Å². The van der Waals surface area contributed by atoms with E-state index in [1.54, 1.807) is 0 Å². The van der Waals surface area contributed by atoms with E-state index in [1.165, 1.54) is 24.8 Å². The van der Waals surface area contributed by atoms with Gasteiger partial charge < -0.3 is 10.1 Å². The molecule has 2 nitrogen and oxygen atoms in total. The Morgan fingerprint density at radius 3 is 2.89 bits per heavy atom. The van der Waals surface area contributed by atoms with Gasteiger partial charge in [0, 0.05) is 0 Å². The van der Waals surface area contributed by atoms with Crippen molar-refractivity contribution in [2.24, 2.45) is 5.92 Å². The minimum absolute atomic E-state index is 0.672. The first-order chi connectivity index (χ1) is 8.86. The third-order valence-corrected chi connectivity index (χ3v) is 3.91. The zero-order valence-electron chi connectivity index (χ0n) is 11.6. The lowest BCUT2D eigenvalue weighted by Gasteiger charge is -2.22. The summed E-state index contributed by atoms with van der Waals surface area (Å²) in [6.45, 7) is 4.09. The highest BCUT2D eigenvalue weighted by Crippen LogP contribution is 2.42. The molecule has 1 aliphatic rings. The highest BCUT2D eigenvalue weighted by atomic mass is 16.5. The van der Waals surface area contributed by atoms with Gasteiger partial charge in [0.05, 0.1) is 6.61 Å². The van der Waals surface area contributed by atoms with Crippen LogP contribution in [0, 0.1) is 5.92 Å². The summed E-state index contributed by atoms with van der Waals surface area (Å²) in [5.74, 6) is 2.54. The van der Waals surface area contributed by atoms with Crippen LogP contribution in [0.1, 0.15) is 44.1 Å². The molecule has 2 unspecified atom stereocenters. The van der Waals surface area contributed by atoms with Crippen LogP contribution in [0.4, 0.5) is 0 Å². The number of para-hydroxylation sites is 1. The minimum atomic E-state index is 0.672. The van der Waals surface area contributed by atoms with Crippen LogP contribution >= 0.6 is 0 Å². The quantitative estimate of drug-likeness (QED) is 0.829. The molecule has 1 N–H and O–H groups in total. The summed E-state index contributed by atoms with van der Waals surface area (Å²) >= 11 is 0. The maximum absolute atomic E-state index is 5.90. The molecule has 100 valence electrons. The number of ether oxygens (including phenoxy) is 1. The molecule has 1 aliphatic carbocycles. The molecular weight excluding hydrogens is 222 g/mol. The SMILES string of the molecule is CCCOc1ccccc1C1CCCC1CNC. The van der Waals surface area contributed by atoms with Crippen LogP contribution in [-0.4, -0.2) is 20.2 Å². The largest absolute Gasteiger partial charge is 0.493 e. The van der Waals surface area contributed by atoms with Gasteiger partial charge in [-0.3, -0.25) is 0 Å². The van der Waals surface area contributed by atoms with Gasteiger partial charge in [0.15, 0.2) is 0 Å². The van der Waals surface area contributed by atoms with Gasteiger partial charge in [-0.1, -0.05) is 31.5 Å². The molecule has 0 bridgehead atoms. The standard InChI is InChI=1S/C16H25NO/c1-3-11-18-16-10-5-4-8-15(16)14-9-6-7-13(14)12-17-2/h4-5,8,10,13-14,17H,3,6-7,9,11-12H2,1-2H3. The van der Waals surface area contributed by atoms with Gasteiger partial charge in [0.2, 0.25) is 0 Å². The van der Waals surface area contributed by atoms with Crippen LogP contribution in [0.15, 0.2) is 24.3 Å². The van der Waals surface area contributed by atoms with Crippen molar-refractivity contribution in [2.75, 3.05) is 20.2 Å². The van der Waals surface area contributed by atoms with E-state index in [1.807, 2.05) is 0 Å². The van der Waals surface area contributed by atoms with E-state index in [2.05, 4.69) is 43.6 Å². The van der Waals surface area contributed by atoms with Crippen LogP contribution in [0.5, 0.6) is 5.75 Å². The summed E-state index contributed by atoms with van der Waals surface area (Å²) in [6.07, 6.45) is 5.06. The maximum Gasteiger partial charge on any atom is 0.122 e. The summed E-state index contributed by atoms with van der Waals surface area (Å²) in [5, 5.41) is 3.33. The predicted molar refractivity (Wildman–Crippen MR) is 76.2 cm³/mol. The van der Waals surface area contributed by atoms with Crippen molar-refractivity contribution < 1.29 is 4.74 Å². The van der Waals surface area contributed by atoms with E-state index < -0.39 is 0 Å². The van der Waals surface area contributed by atoms with E-state index in [-0.39, 0.29) is 0 Å². The molecule has 1 saturated carbocycles. The molecule has 1 fully saturated rings. The first kappa shape index (κ1) is 13.4. The van der Waals surface area contributed by atoms with Gasteiger partial charge in [-0.2, -0.15) is 0 Å². The molecule has 2 heteroatoms. The topological polar surface area (TPSA) is 21.3 Å². The monoisotopic (exact) mass is 247 g/mol. The Hall–Kier alpha value is -1.02. The van der Waals surface area contributed by atoms with Crippen LogP contribution in [-0.2, 0) is 0 Å². The molecule has 0 aromatic heterocycles. The lowest BCUT2D eigenvalue weighted by atomic mass is 9.88. The summed E-state index contributed by atoms with van der Waals surface area (Å²) in [7, 11) is 2.05. The van der Waals surface area contributed by atoms with Crippen molar-refractivity contribution >= 4 is 0 Å². The van der Waals surface area contributed by atoms with Gasteiger partial charge in [0.1, 0.15) is 5.75 Å². The summed E-state index contributed by atoms with van der Waals surface area (Å²) in [5.41, 5.74) is 1.42. The van der Waals surface area contributed by atoms with Gasteiger partial charge in [0.25, 0.3) is 0 Å². The number of rotatable bonds is 6. The maximum atomic E-state index is 5.90. The van der Waals surface area contributed by atoms with E-state index in [4.69, 9.17) is 4.74 Å². The molecule has 1 aromatic rings. The molecule has 0 amide bonds. The first-order valence-electron chi connectivity index (χ1n) is 7.23. The normalized spacial score (nSPS) is 23.2. The molecule has 0 aliphatic heterocycles. The van der Waals surface area contributed by atoms with Crippen LogP contribution in [0.2, 0.25) is 0 Å². The third-order valence-electron chi connectivity index (χ3n) is 3.91. The van der Waals surface area contributed by atoms with Crippen LogP contribution in [0.3, 0.4) is 0 Å². The molecule has 0 saturated heterocycles. The third kappa shape index (κ3) is 3.05. The molecule has 18 heavy (non-hydrogen) atoms. The van der Waals surface area contributed by atoms with E-state index >= 15 is 0 Å². The number of hydrogen-bond donors (Lipinski definition) is 1. The highest BCUT2D eigenvalue weighted by molar-refractivity contribution is 5.37. The zero-order valence-corrected chi connectivity index (χ0v) is 11.6. The fraction of sp³-hybridized carbons (Fsp3) is 0.625. The second kappa shape index (κ2) is 6.79. The van der Waals surface area contributed by atoms with Crippen molar-refractivity contribution in [3.8, 4) is 5.75 Å². The van der Waals surface area contributed by atoms with E-state index in [0.717, 1.165) is 31.2 Å². The fourth-order valence-corrected chi connectivity index (χ4v) is 3.08.